The molecule has 0 bridgehead atoms. The third-order valence-electron chi connectivity index (χ3n) is 3.73. The van der Waals surface area contributed by atoms with E-state index in [1.54, 1.807) is 12.1 Å². The van der Waals surface area contributed by atoms with Crippen LogP contribution < -0.4 is 10.2 Å². The second kappa shape index (κ2) is 6.58. The van der Waals surface area contributed by atoms with Crippen LogP contribution in [0.4, 0.5) is 0 Å². The van der Waals surface area contributed by atoms with Gasteiger partial charge in [0.1, 0.15) is 24.2 Å². The van der Waals surface area contributed by atoms with Gasteiger partial charge in [-0.05, 0) is 17.7 Å². The fourth-order valence-electron chi connectivity index (χ4n) is 2.56. The van der Waals surface area contributed by atoms with Crippen LogP contribution in [0, 0.1) is 0 Å². The number of carbonyl (C=O) groups is 1. The van der Waals surface area contributed by atoms with Gasteiger partial charge in [0.2, 0.25) is 5.43 Å². The average Bonchev–Trinajstić information content (AvgIpc) is 2.60. The number of hydrogen-bond donors (Lipinski definition) is 0. The first-order valence-electron chi connectivity index (χ1n) is 7.42. The Morgan fingerprint density at radius 3 is 2.54 bits per heavy atom. The highest BCUT2D eigenvalue weighted by atomic mass is 16.5. The lowest BCUT2D eigenvalue weighted by Crippen LogP contribution is -2.08. The van der Waals surface area contributed by atoms with Crippen molar-refractivity contribution in [2.45, 2.75) is 13.5 Å². The van der Waals surface area contributed by atoms with E-state index >= 15 is 0 Å². The SMILES string of the molecule is COc1ccc2c(=O)c(-c3ccccc3)coc2c1COC(C)=O. The van der Waals surface area contributed by atoms with Crippen molar-refractivity contribution in [2.24, 2.45) is 0 Å². The molecule has 0 aliphatic heterocycles. The summed E-state index contributed by atoms with van der Waals surface area (Å²) < 4.78 is 16.1. The van der Waals surface area contributed by atoms with E-state index in [-0.39, 0.29) is 12.0 Å². The number of rotatable bonds is 4. The van der Waals surface area contributed by atoms with E-state index in [0.717, 1.165) is 5.56 Å². The van der Waals surface area contributed by atoms with Crippen molar-refractivity contribution in [1.82, 2.24) is 0 Å². The van der Waals surface area contributed by atoms with E-state index in [2.05, 4.69) is 0 Å². The van der Waals surface area contributed by atoms with Gasteiger partial charge in [-0.1, -0.05) is 30.3 Å². The van der Waals surface area contributed by atoms with E-state index in [1.807, 2.05) is 30.3 Å². The molecule has 122 valence electrons. The minimum Gasteiger partial charge on any atom is -0.496 e. The van der Waals surface area contributed by atoms with Gasteiger partial charge in [-0.15, -0.1) is 0 Å². The van der Waals surface area contributed by atoms with Gasteiger partial charge in [-0.2, -0.15) is 0 Å². The molecular formula is C19H16O5. The lowest BCUT2D eigenvalue weighted by atomic mass is 10.0. The van der Waals surface area contributed by atoms with Crippen LogP contribution in [-0.4, -0.2) is 13.1 Å². The maximum Gasteiger partial charge on any atom is 0.302 e. The standard InChI is InChI=1S/C19H16O5/c1-12(20)23-11-16-17(22-2)9-8-14-18(21)15(10-24-19(14)16)13-6-4-3-5-7-13/h3-10H,11H2,1-2H3. The summed E-state index contributed by atoms with van der Waals surface area (Å²) >= 11 is 0. The minimum atomic E-state index is -0.419. The molecule has 0 aliphatic carbocycles. The zero-order valence-corrected chi connectivity index (χ0v) is 13.4. The molecule has 0 aliphatic rings. The Morgan fingerprint density at radius 1 is 1.12 bits per heavy atom. The van der Waals surface area contributed by atoms with Gasteiger partial charge in [0.15, 0.2) is 0 Å². The van der Waals surface area contributed by atoms with Gasteiger partial charge >= 0.3 is 5.97 Å². The molecule has 0 amide bonds. The van der Waals surface area contributed by atoms with E-state index in [4.69, 9.17) is 13.9 Å². The Bertz CT molecular complexity index is 941. The van der Waals surface area contributed by atoms with Gasteiger partial charge in [-0.3, -0.25) is 9.59 Å². The number of methoxy groups -OCH3 is 1. The molecule has 2 aromatic carbocycles. The Morgan fingerprint density at radius 2 is 1.88 bits per heavy atom. The van der Waals surface area contributed by atoms with Crippen molar-refractivity contribution in [2.75, 3.05) is 7.11 Å². The Balaban J connectivity index is 2.19. The first-order chi connectivity index (χ1) is 11.6. The topological polar surface area (TPSA) is 65.7 Å². The predicted octanol–water partition coefficient (Wildman–Crippen LogP) is 3.53. The Labute approximate surface area is 138 Å². The van der Waals surface area contributed by atoms with Crippen molar-refractivity contribution in [3.63, 3.8) is 0 Å². The zero-order chi connectivity index (χ0) is 17.1. The maximum absolute atomic E-state index is 12.8. The molecule has 0 radical (unpaired) electrons. The molecule has 0 saturated carbocycles. The van der Waals surface area contributed by atoms with Crippen LogP contribution in [0.15, 0.2) is 57.9 Å². The molecule has 3 aromatic rings. The first-order valence-corrected chi connectivity index (χ1v) is 7.42. The summed E-state index contributed by atoms with van der Waals surface area (Å²) in [6.07, 6.45) is 1.43. The highest BCUT2D eigenvalue weighted by molar-refractivity contribution is 5.85. The van der Waals surface area contributed by atoms with Crippen LogP contribution in [0.5, 0.6) is 5.75 Å². The van der Waals surface area contributed by atoms with Crippen LogP contribution in [-0.2, 0) is 16.1 Å². The quantitative estimate of drug-likeness (QED) is 0.687. The Hall–Kier alpha value is -3.08. The first kappa shape index (κ1) is 15.8. The molecule has 5 heteroatoms. The van der Waals surface area contributed by atoms with Crippen molar-refractivity contribution >= 4 is 16.9 Å². The van der Waals surface area contributed by atoms with Gasteiger partial charge in [-0.25, -0.2) is 0 Å². The van der Waals surface area contributed by atoms with Crippen molar-refractivity contribution in [3.8, 4) is 16.9 Å². The third kappa shape index (κ3) is 2.88. The minimum absolute atomic E-state index is 0.0243. The van der Waals surface area contributed by atoms with Crippen molar-refractivity contribution < 1.29 is 18.7 Å². The Kier molecular flexibility index (Phi) is 4.33. The van der Waals surface area contributed by atoms with Gasteiger partial charge < -0.3 is 13.9 Å². The lowest BCUT2D eigenvalue weighted by Gasteiger charge is -2.11. The van der Waals surface area contributed by atoms with Crippen molar-refractivity contribution in [3.05, 3.63) is 64.5 Å². The van der Waals surface area contributed by atoms with Gasteiger partial charge in [0.05, 0.1) is 23.6 Å². The molecule has 0 fully saturated rings. The van der Waals surface area contributed by atoms with E-state index in [9.17, 15) is 9.59 Å². The molecule has 0 N–H and O–H groups in total. The summed E-state index contributed by atoms with van der Waals surface area (Å²) in [6, 6.07) is 12.6. The fourth-order valence-corrected chi connectivity index (χ4v) is 2.56. The van der Waals surface area contributed by atoms with Crippen LogP contribution in [0.25, 0.3) is 22.1 Å². The van der Waals surface area contributed by atoms with Crippen LogP contribution in [0.3, 0.4) is 0 Å². The monoisotopic (exact) mass is 324 g/mol. The number of esters is 1. The highest BCUT2D eigenvalue weighted by Gasteiger charge is 2.16. The normalized spacial score (nSPS) is 10.6. The van der Waals surface area contributed by atoms with Crippen LogP contribution >= 0.6 is 0 Å². The highest BCUT2D eigenvalue weighted by Crippen LogP contribution is 2.29. The summed E-state index contributed by atoms with van der Waals surface area (Å²) in [5.74, 6) is 0.0802. The number of fused-ring (bicyclic) bond motifs is 1. The average molecular weight is 324 g/mol. The molecule has 0 unspecified atom stereocenters. The number of carbonyl (C=O) groups excluding carboxylic acids is 1. The van der Waals surface area contributed by atoms with E-state index < -0.39 is 5.97 Å². The van der Waals surface area contributed by atoms with Crippen LogP contribution in [0.2, 0.25) is 0 Å². The van der Waals surface area contributed by atoms with Gasteiger partial charge in [0.25, 0.3) is 0 Å². The molecular weight excluding hydrogens is 308 g/mol. The predicted molar refractivity (Wildman–Crippen MR) is 89.9 cm³/mol. The number of benzene rings is 2. The second-order valence-electron chi connectivity index (χ2n) is 5.25. The molecule has 24 heavy (non-hydrogen) atoms. The molecule has 1 aromatic heterocycles. The smallest absolute Gasteiger partial charge is 0.302 e. The van der Waals surface area contributed by atoms with Crippen molar-refractivity contribution in [1.29, 1.82) is 0 Å². The maximum atomic E-state index is 12.8. The van der Waals surface area contributed by atoms with Gasteiger partial charge in [0, 0.05) is 6.92 Å². The molecule has 0 atom stereocenters. The summed E-state index contributed by atoms with van der Waals surface area (Å²) in [6.45, 7) is 1.30. The lowest BCUT2D eigenvalue weighted by molar-refractivity contribution is -0.142. The fraction of sp³-hybridized carbons (Fsp3) is 0.158. The van der Waals surface area contributed by atoms with E-state index in [0.29, 0.717) is 27.8 Å². The summed E-state index contributed by atoms with van der Waals surface area (Å²) in [5.41, 5.74) is 2.01. The molecule has 0 spiro atoms. The van der Waals surface area contributed by atoms with E-state index in [1.165, 1.54) is 20.3 Å². The zero-order valence-electron chi connectivity index (χ0n) is 13.4. The van der Waals surface area contributed by atoms with Crippen LogP contribution in [0.1, 0.15) is 12.5 Å². The third-order valence-corrected chi connectivity index (χ3v) is 3.73. The second-order valence-corrected chi connectivity index (χ2v) is 5.25. The summed E-state index contributed by atoms with van der Waals surface area (Å²) in [4.78, 5) is 23.9. The molecule has 5 nitrogen and oxygen atoms in total. The summed E-state index contributed by atoms with van der Waals surface area (Å²) in [7, 11) is 1.51. The number of hydrogen-bond acceptors (Lipinski definition) is 5. The largest absolute Gasteiger partial charge is 0.496 e. The summed E-state index contributed by atoms with van der Waals surface area (Å²) in [5, 5.41) is 0.416. The number of ether oxygens (including phenoxy) is 2. The molecule has 1 heterocycles. The molecule has 3 rings (SSSR count). The molecule has 0 saturated heterocycles.